The van der Waals surface area contributed by atoms with E-state index < -0.39 is 0 Å². The Bertz CT molecular complexity index is 1100. The normalized spacial score (nSPS) is 13.7. The number of carbonyl (C=O) groups excluding carboxylic acids is 1. The number of aryl methyl sites for hydroxylation is 1. The van der Waals surface area contributed by atoms with Crippen LogP contribution in [0.2, 0.25) is 0 Å². The van der Waals surface area contributed by atoms with Gasteiger partial charge in [0.1, 0.15) is 0 Å². The zero-order chi connectivity index (χ0) is 20.5. The minimum Gasteiger partial charge on any atom is -0.322 e. The first-order chi connectivity index (χ1) is 13.9. The number of benzene rings is 2. The van der Waals surface area contributed by atoms with Crippen LogP contribution in [0.4, 0.5) is 10.5 Å². The maximum Gasteiger partial charge on any atom is 0.322 e. The smallest absolute Gasteiger partial charge is 0.322 e. The molecule has 0 saturated heterocycles. The molecule has 0 bridgehead atoms. The van der Waals surface area contributed by atoms with Crippen molar-refractivity contribution in [2.45, 2.75) is 52.1 Å². The van der Waals surface area contributed by atoms with Crippen LogP contribution in [0.25, 0.3) is 10.9 Å². The molecule has 0 atom stereocenters. The van der Waals surface area contributed by atoms with E-state index in [1.54, 1.807) is 4.90 Å². The second-order valence-electron chi connectivity index (χ2n) is 8.28. The van der Waals surface area contributed by atoms with Crippen LogP contribution in [-0.4, -0.2) is 22.0 Å². The monoisotopic (exact) mass is 389 g/mol. The molecule has 150 valence electrons. The van der Waals surface area contributed by atoms with Gasteiger partial charge in [0.15, 0.2) is 0 Å². The third-order valence-electron chi connectivity index (χ3n) is 5.49. The zero-order valence-corrected chi connectivity index (χ0v) is 17.2. The predicted molar refractivity (Wildman–Crippen MR) is 117 cm³/mol. The van der Waals surface area contributed by atoms with Crippen molar-refractivity contribution in [1.29, 1.82) is 0 Å². The standard InChI is InChI=1S/C24H27N3O2/c1-15(2)17-5-7-20(8-6-17)25-24(29)27(21-9-10-21)14-19-13-18-12-16(3)4-11-22(18)26-23(19)28/h4-8,11-13,15,21H,9-10,14H2,1-3H3,(H,25,29)(H,26,28). The van der Waals surface area contributed by atoms with Crippen molar-refractivity contribution in [2.75, 3.05) is 5.32 Å². The molecular weight excluding hydrogens is 362 g/mol. The van der Waals surface area contributed by atoms with E-state index in [2.05, 4.69) is 24.1 Å². The van der Waals surface area contributed by atoms with Gasteiger partial charge in [0.05, 0.1) is 6.54 Å². The molecule has 2 amide bonds. The highest BCUT2D eigenvalue weighted by molar-refractivity contribution is 5.90. The van der Waals surface area contributed by atoms with Crippen LogP contribution < -0.4 is 10.9 Å². The molecule has 0 radical (unpaired) electrons. The van der Waals surface area contributed by atoms with Gasteiger partial charge in [-0.1, -0.05) is 37.6 Å². The number of fused-ring (bicyclic) bond motifs is 1. The topological polar surface area (TPSA) is 65.2 Å². The number of carbonyl (C=O) groups is 1. The summed E-state index contributed by atoms with van der Waals surface area (Å²) in [5.74, 6) is 0.450. The number of aromatic nitrogens is 1. The Morgan fingerprint density at radius 1 is 1.14 bits per heavy atom. The lowest BCUT2D eigenvalue weighted by Crippen LogP contribution is -2.37. The maximum absolute atomic E-state index is 12.9. The highest BCUT2D eigenvalue weighted by Crippen LogP contribution is 2.29. The van der Waals surface area contributed by atoms with Gasteiger partial charge in [-0.15, -0.1) is 0 Å². The fourth-order valence-electron chi connectivity index (χ4n) is 3.57. The molecule has 1 fully saturated rings. The lowest BCUT2D eigenvalue weighted by Gasteiger charge is -2.23. The third kappa shape index (κ3) is 4.34. The van der Waals surface area contributed by atoms with Crippen LogP contribution in [0.5, 0.6) is 0 Å². The quantitative estimate of drug-likeness (QED) is 0.633. The molecule has 0 spiro atoms. The van der Waals surface area contributed by atoms with Gasteiger partial charge in [0, 0.05) is 22.8 Å². The van der Waals surface area contributed by atoms with Crippen molar-refractivity contribution in [3.8, 4) is 0 Å². The largest absolute Gasteiger partial charge is 0.322 e. The molecule has 29 heavy (non-hydrogen) atoms. The first-order valence-corrected chi connectivity index (χ1v) is 10.2. The van der Waals surface area contributed by atoms with Gasteiger partial charge in [0.25, 0.3) is 5.56 Å². The van der Waals surface area contributed by atoms with Crippen molar-refractivity contribution in [3.63, 3.8) is 0 Å². The molecule has 3 aromatic rings. The summed E-state index contributed by atoms with van der Waals surface area (Å²) in [5, 5.41) is 3.98. The predicted octanol–water partition coefficient (Wildman–Crippen LogP) is 5.16. The van der Waals surface area contributed by atoms with Gasteiger partial charge in [0.2, 0.25) is 0 Å². The van der Waals surface area contributed by atoms with E-state index in [0.29, 0.717) is 18.0 Å². The molecule has 2 N–H and O–H groups in total. The number of nitrogens with one attached hydrogen (secondary N) is 2. The van der Waals surface area contributed by atoms with Gasteiger partial charge in [-0.3, -0.25) is 4.79 Å². The van der Waals surface area contributed by atoms with Crippen LogP contribution in [0, 0.1) is 6.92 Å². The van der Waals surface area contributed by atoms with Gasteiger partial charge in [-0.05, 0) is 67.0 Å². The third-order valence-corrected chi connectivity index (χ3v) is 5.49. The molecule has 1 aliphatic rings. The molecule has 2 aromatic carbocycles. The van der Waals surface area contributed by atoms with E-state index in [9.17, 15) is 9.59 Å². The molecule has 1 heterocycles. The van der Waals surface area contributed by atoms with Crippen molar-refractivity contribution < 1.29 is 4.79 Å². The number of amides is 2. The average Bonchev–Trinajstić information content (AvgIpc) is 3.52. The van der Waals surface area contributed by atoms with Gasteiger partial charge in [-0.2, -0.15) is 0 Å². The number of pyridine rings is 1. The van der Waals surface area contributed by atoms with Crippen molar-refractivity contribution in [2.24, 2.45) is 0 Å². The Hall–Kier alpha value is -3.08. The lowest BCUT2D eigenvalue weighted by atomic mass is 10.0. The van der Waals surface area contributed by atoms with Crippen LogP contribution in [0.1, 0.15) is 49.3 Å². The summed E-state index contributed by atoms with van der Waals surface area (Å²) in [7, 11) is 0. The van der Waals surface area contributed by atoms with E-state index in [4.69, 9.17) is 0 Å². The number of nitrogens with zero attached hydrogens (tertiary/aromatic N) is 1. The fraction of sp³-hybridized carbons (Fsp3) is 0.333. The number of hydrogen-bond donors (Lipinski definition) is 2. The van der Waals surface area contributed by atoms with Gasteiger partial charge in [-0.25, -0.2) is 4.79 Å². The molecule has 0 aliphatic heterocycles. The van der Waals surface area contributed by atoms with E-state index in [-0.39, 0.29) is 17.6 Å². The number of anilines is 1. The number of hydrogen-bond acceptors (Lipinski definition) is 2. The summed E-state index contributed by atoms with van der Waals surface area (Å²) in [6.45, 7) is 6.62. The second kappa shape index (κ2) is 7.74. The van der Waals surface area contributed by atoms with Gasteiger partial charge >= 0.3 is 6.03 Å². The first-order valence-electron chi connectivity index (χ1n) is 10.2. The number of H-pyrrole nitrogens is 1. The summed E-state index contributed by atoms with van der Waals surface area (Å²) >= 11 is 0. The number of urea groups is 1. The Labute approximate surface area is 170 Å². The Balaban J connectivity index is 1.55. The second-order valence-corrected chi connectivity index (χ2v) is 8.28. The lowest BCUT2D eigenvalue weighted by molar-refractivity contribution is 0.206. The molecule has 1 aromatic heterocycles. The summed E-state index contributed by atoms with van der Waals surface area (Å²) < 4.78 is 0. The van der Waals surface area contributed by atoms with E-state index >= 15 is 0 Å². The molecule has 1 saturated carbocycles. The van der Waals surface area contributed by atoms with Crippen molar-refractivity contribution in [3.05, 3.63) is 75.6 Å². The summed E-state index contributed by atoms with van der Waals surface area (Å²) in [6.07, 6.45) is 1.95. The minimum absolute atomic E-state index is 0.138. The minimum atomic E-state index is -0.159. The van der Waals surface area contributed by atoms with Crippen LogP contribution >= 0.6 is 0 Å². The fourth-order valence-corrected chi connectivity index (χ4v) is 3.57. The zero-order valence-electron chi connectivity index (χ0n) is 17.2. The first kappa shape index (κ1) is 19.2. The van der Waals surface area contributed by atoms with Crippen LogP contribution in [0.3, 0.4) is 0 Å². The Morgan fingerprint density at radius 3 is 2.52 bits per heavy atom. The van der Waals surface area contributed by atoms with Crippen LogP contribution in [-0.2, 0) is 6.54 Å². The average molecular weight is 389 g/mol. The summed E-state index contributed by atoms with van der Waals surface area (Å²) in [4.78, 5) is 30.2. The van der Waals surface area contributed by atoms with E-state index in [1.807, 2.05) is 55.5 Å². The van der Waals surface area contributed by atoms with Crippen molar-refractivity contribution in [1.82, 2.24) is 9.88 Å². The number of rotatable bonds is 5. The molecule has 0 unspecified atom stereocenters. The summed E-state index contributed by atoms with van der Waals surface area (Å²) in [5.41, 5.74) is 4.43. The maximum atomic E-state index is 12.9. The van der Waals surface area contributed by atoms with Gasteiger partial charge < -0.3 is 15.2 Å². The van der Waals surface area contributed by atoms with E-state index in [0.717, 1.165) is 35.0 Å². The molecular formula is C24H27N3O2. The molecule has 4 rings (SSSR count). The Kier molecular flexibility index (Phi) is 5.14. The SMILES string of the molecule is Cc1ccc2[nH]c(=O)c(CN(C(=O)Nc3ccc(C(C)C)cc3)C3CC3)cc2c1. The molecule has 5 nitrogen and oxygen atoms in total. The van der Waals surface area contributed by atoms with Crippen molar-refractivity contribution >= 4 is 22.6 Å². The van der Waals surface area contributed by atoms with Crippen LogP contribution in [0.15, 0.2) is 53.3 Å². The van der Waals surface area contributed by atoms with E-state index in [1.165, 1.54) is 5.56 Å². The highest BCUT2D eigenvalue weighted by Gasteiger charge is 2.33. The molecule has 1 aliphatic carbocycles. The Morgan fingerprint density at radius 2 is 1.86 bits per heavy atom. The highest BCUT2D eigenvalue weighted by atomic mass is 16.2. The number of aromatic amines is 1. The summed E-state index contributed by atoms with van der Waals surface area (Å²) in [6, 6.07) is 15.8. The molecule has 5 heteroatoms.